The summed E-state index contributed by atoms with van der Waals surface area (Å²) in [7, 11) is 0. The van der Waals surface area contributed by atoms with Crippen LogP contribution in [-0.4, -0.2) is 56.2 Å². The van der Waals surface area contributed by atoms with Crippen LogP contribution in [0.4, 0.5) is 20.4 Å². The summed E-state index contributed by atoms with van der Waals surface area (Å²) in [5.41, 5.74) is 2.71. The van der Waals surface area contributed by atoms with E-state index in [1.165, 1.54) is 15.5 Å². The number of hydrogen-bond acceptors (Lipinski definition) is 6. The van der Waals surface area contributed by atoms with Crippen molar-refractivity contribution in [3.05, 3.63) is 121 Å². The Morgan fingerprint density at radius 3 is 2.54 bits per heavy atom. The number of fused-ring (bicyclic) bond motifs is 2. The van der Waals surface area contributed by atoms with Gasteiger partial charge < -0.3 is 4.90 Å². The highest BCUT2D eigenvalue weighted by atomic mass is 19.2. The molecule has 0 bridgehead atoms. The molecule has 2 aliphatic heterocycles. The Morgan fingerprint density at radius 1 is 1.00 bits per heavy atom. The molecule has 10 nitrogen and oxygen atoms in total. The van der Waals surface area contributed by atoms with Crippen LogP contribution in [0.3, 0.4) is 0 Å². The third kappa shape index (κ3) is 5.75. The Bertz CT molecular complexity index is 2080. The molecule has 2 aromatic carbocycles. The highest BCUT2D eigenvalue weighted by Crippen LogP contribution is 2.34. The van der Waals surface area contributed by atoms with E-state index in [1.54, 1.807) is 27.8 Å². The molecule has 2 aromatic heterocycles. The maximum Gasteiger partial charge on any atom is 0.332 e. The molecule has 2 amide bonds. The zero-order valence-corrected chi connectivity index (χ0v) is 26.5. The lowest BCUT2D eigenvalue weighted by Gasteiger charge is -2.29. The van der Waals surface area contributed by atoms with Crippen molar-refractivity contribution in [3.8, 4) is 0 Å². The first-order valence-electron chi connectivity index (χ1n) is 16.3. The van der Waals surface area contributed by atoms with E-state index in [4.69, 9.17) is 4.99 Å². The predicted molar refractivity (Wildman–Crippen MR) is 176 cm³/mol. The fraction of sp³-hybridized carbons (Fsp3) is 0.333. The molecule has 1 aliphatic carbocycles. The zero-order valence-electron chi connectivity index (χ0n) is 26.5. The fourth-order valence-corrected chi connectivity index (χ4v) is 6.50. The number of anilines is 1. The van der Waals surface area contributed by atoms with E-state index in [-0.39, 0.29) is 47.5 Å². The summed E-state index contributed by atoms with van der Waals surface area (Å²) in [6.07, 6.45) is 5.27. The summed E-state index contributed by atoms with van der Waals surface area (Å²) in [5.74, 6) is -2.17. The molecule has 0 radical (unpaired) electrons. The molecule has 1 saturated carbocycles. The SMILES string of the molecule is CCCn1c2c(c(=O)n(C3CC3)c1=O)CC(c1ccc(N(CCCN3CCc4ccccc4C3=O)C(=O)c3ccc(F)c(F)c3)nc1)=N2. The summed E-state index contributed by atoms with van der Waals surface area (Å²) < 4.78 is 30.8. The van der Waals surface area contributed by atoms with Crippen LogP contribution in [0, 0.1) is 11.6 Å². The molecule has 48 heavy (non-hydrogen) atoms. The van der Waals surface area contributed by atoms with Crippen molar-refractivity contribution < 1.29 is 18.4 Å². The van der Waals surface area contributed by atoms with Gasteiger partial charge >= 0.3 is 5.69 Å². The average molecular weight is 653 g/mol. The van der Waals surface area contributed by atoms with Crippen LogP contribution in [-0.2, 0) is 19.4 Å². The van der Waals surface area contributed by atoms with E-state index in [0.29, 0.717) is 60.7 Å². The smallest absolute Gasteiger partial charge is 0.332 e. The molecule has 1 fully saturated rings. The number of pyridine rings is 1. The molecule has 12 heteroatoms. The molecule has 7 rings (SSSR count). The monoisotopic (exact) mass is 652 g/mol. The Balaban J connectivity index is 1.14. The van der Waals surface area contributed by atoms with Gasteiger partial charge in [0.05, 0.1) is 11.3 Å². The van der Waals surface area contributed by atoms with Gasteiger partial charge in [-0.3, -0.25) is 28.4 Å². The lowest BCUT2D eigenvalue weighted by molar-refractivity contribution is 0.0738. The number of aromatic nitrogens is 3. The van der Waals surface area contributed by atoms with E-state index < -0.39 is 17.5 Å². The third-order valence-electron chi connectivity index (χ3n) is 9.15. The molecular weight excluding hydrogens is 618 g/mol. The number of halogens is 2. The van der Waals surface area contributed by atoms with Crippen molar-refractivity contribution in [3.63, 3.8) is 0 Å². The topological polar surface area (TPSA) is 110 Å². The standard InChI is InChI=1S/C36H34F2N6O4/c1-2-15-43-32-27(35(47)44(36(43)48)25-10-11-25)20-30(40-32)24-9-13-31(39-21-24)42(33(45)23-8-12-28(37)29(38)19-23)17-5-16-41-18-14-22-6-3-4-7-26(22)34(41)46/h3-4,6-9,12-13,19,21,25H,2,5,10-11,14-18,20H2,1H3. The van der Waals surface area contributed by atoms with Crippen molar-refractivity contribution >= 4 is 29.2 Å². The number of rotatable bonds is 10. The van der Waals surface area contributed by atoms with Gasteiger partial charge in [0.25, 0.3) is 17.4 Å². The van der Waals surface area contributed by atoms with Crippen LogP contribution < -0.4 is 16.1 Å². The van der Waals surface area contributed by atoms with Gasteiger partial charge in [0, 0.05) is 61.5 Å². The van der Waals surface area contributed by atoms with Gasteiger partial charge in [0.2, 0.25) is 0 Å². The maximum absolute atomic E-state index is 14.1. The Labute approximate surface area is 275 Å². The summed E-state index contributed by atoms with van der Waals surface area (Å²) in [6, 6.07) is 13.8. The van der Waals surface area contributed by atoms with Crippen LogP contribution in [0.5, 0.6) is 0 Å². The maximum atomic E-state index is 14.1. The second-order valence-electron chi connectivity index (χ2n) is 12.4. The molecule has 0 N–H and O–H groups in total. The molecule has 0 unspecified atom stereocenters. The van der Waals surface area contributed by atoms with E-state index in [0.717, 1.165) is 37.0 Å². The van der Waals surface area contributed by atoms with Gasteiger partial charge in [-0.2, -0.15) is 0 Å². The Hall–Kier alpha value is -5.26. The summed E-state index contributed by atoms with van der Waals surface area (Å²) in [4.78, 5) is 65.7. The lowest BCUT2D eigenvalue weighted by atomic mass is 9.99. The second-order valence-corrected chi connectivity index (χ2v) is 12.4. The van der Waals surface area contributed by atoms with Crippen molar-refractivity contribution in [1.82, 2.24) is 19.0 Å². The first-order chi connectivity index (χ1) is 23.2. The summed E-state index contributed by atoms with van der Waals surface area (Å²) in [5, 5.41) is 0. The molecule has 4 heterocycles. The molecule has 4 aromatic rings. The second kappa shape index (κ2) is 12.7. The number of benzene rings is 2. The Kier molecular flexibility index (Phi) is 8.32. The minimum atomic E-state index is -1.14. The first kappa shape index (κ1) is 31.3. The van der Waals surface area contributed by atoms with Gasteiger partial charge in [-0.1, -0.05) is 25.1 Å². The molecule has 0 saturated heterocycles. The van der Waals surface area contributed by atoms with Gasteiger partial charge in [-0.15, -0.1) is 0 Å². The molecule has 246 valence electrons. The predicted octanol–water partition coefficient (Wildman–Crippen LogP) is 4.84. The van der Waals surface area contributed by atoms with Crippen LogP contribution >= 0.6 is 0 Å². The number of carbonyl (C=O) groups is 2. The van der Waals surface area contributed by atoms with Crippen molar-refractivity contribution in [2.24, 2.45) is 4.99 Å². The van der Waals surface area contributed by atoms with Crippen molar-refractivity contribution in [2.45, 2.75) is 58.0 Å². The van der Waals surface area contributed by atoms with Crippen LogP contribution in [0.15, 0.2) is 75.4 Å². The number of aliphatic imine (C=N–C) groups is 1. The van der Waals surface area contributed by atoms with Crippen LogP contribution in [0.25, 0.3) is 0 Å². The normalized spacial score (nSPS) is 15.3. The lowest BCUT2D eigenvalue weighted by Crippen LogP contribution is -2.40. The summed E-state index contributed by atoms with van der Waals surface area (Å²) in [6.45, 7) is 3.51. The van der Waals surface area contributed by atoms with E-state index in [2.05, 4.69) is 4.98 Å². The van der Waals surface area contributed by atoms with E-state index in [1.807, 2.05) is 31.2 Å². The number of hydrogen-bond donors (Lipinski definition) is 0. The van der Waals surface area contributed by atoms with Crippen molar-refractivity contribution in [2.75, 3.05) is 24.5 Å². The number of carbonyl (C=O) groups excluding carboxylic acids is 2. The molecule has 0 spiro atoms. The molecule has 0 atom stereocenters. The highest BCUT2D eigenvalue weighted by molar-refractivity contribution is 6.07. The van der Waals surface area contributed by atoms with Gasteiger partial charge in [-0.05, 0) is 74.1 Å². The highest BCUT2D eigenvalue weighted by Gasteiger charge is 2.33. The minimum Gasteiger partial charge on any atom is -0.338 e. The largest absolute Gasteiger partial charge is 0.338 e. The number of amides is 2. The van der Waals surface area contributed by atoms with E-state index >= 15 is 0 Å². The van der Waals surface area contributed by atoms with Gasteiger partial charge in [0.15, 0.2) is 11.6 Å². The van der Waals surface area contributed by atoms with Gasteiger partial charge in [0.1, 0.15) is 11.6 Å². The number of nitrogens with zero attached hydrogens (tertiary/aromatic N) is 6. The van der Waals surface area contributed by atoms with Crippen LogP contribution in [0.1, 0.15) is 76.1 Å². The summed E-state index contributed by atoms with van der Waals surface area (Å²) >= 11 is 0. The zero-order chi connectivity index (χ0) is 33.5. The minimum absolute atomic E-state index is 0.0424. The van der Waals surface area contributed by atoms with E-state index in [9.17, 15) is 28.0 Å². The molecular formula is C36H34F2N6O4. The van der Waals surface area contributed by atoms with Gasteiger partial charge in [-0.25, -0.2) is 23.6 Å². The Morgan fingerprint density at radius 2 is 1.81 bits per heavy atom. The quantitative estimate of drug-likeness (QED) is 0.244. The van der Waals surface area contributed by atoms with Crippen LogP contribution in [0.2, 0.25) is 0 Å². The fourth-order valence-electron chi connectivity index (χ4n) is 6.50. The molecule has 3 aliphatic rings. The third-order valence-corrected chi connectivity index (χ3v) is 9.15. The average Bonchev–Trinajstić information content (AvgIpc) is 3.83. The van der Waals surface area contributed by atoms with Crippen molar-refractivity contribution in [1.29, 1.82) is 0 Å². The first-order valence-corrected chi connectivity index (χ1v) is 16.3.